The smallest absolute Gasteiger partial charge is 0.242 e. The van der Waals surface area contributed by atoms with Gasteiger partial charge in [0.1, 0.15) is 10.7 Å². The maximum atomic E-state index is 12.3. The summed E-state index contributed by atoms with van der Waals surface area (Å²) in [7, 11) is -3.45. The number of rotatable bonds is 8. The van der Waals surface area contributed by atoms with Gasteiger partial charge in [-0.15, -0.1) is 11.3 Å². The lowest BCUT2D eigenvalue weighted by Gasteiger charge is -2.05. The molecule has 1 heterocycles. The van der Waals surface area contributed by atoms with Crippen molar-refractivity contribution in [2.45, 2.75) is 37.5 Å². The number of Topliss-reactive ketones (excluding diaryl/α,β-unsaturated/α-hetero) is 1. The highest BCUT2D eigenvalue weighted by molar-refractivity contribution is 7.90. The molecule has 1 aromatic carbocycles. The fourth-order valence-corrected chi connectivity index (χ4v) is 4.70. The first-order chi connectivity index (χ1) is 10.0. The van der Waals surface area contributed by atoms with E-state index in [1.165, 1.54) is 11.3 Å². The molecule has 0 radical (unpaired) electrons. The minimum absolute atomic E-state index is 0.181. The van der Waals surface area contributed by atoms with E-state index in [9.17, 15) is 13.2 Å². The van der Waals surface area contributed by atoms with Gasteiger partial charge in [-0.05, 0) is 25.8 Å². The monoisotopic (exact) mass is 325 g/mol. The van der Waals surface area contributed by atoms with Gasteiger partial charge >= 0.3 is 0 Å². The molecule has 0 aliphatic heterocycles. The molecule has 114 valence electrons. The maximum Gasteiger partial charge on any atom is 0.242 e. The Kier molecular flexibility index (Phi) is 5.50. The summed E-state index contributed by atoms with van der Waals surface area (Å²) >= 11 is 1.43. The zero-order valence-electron chi connectivity index (χ0n) is 12.0. The van der Waals surface area contributed by atoms with Crippen LogP contribution in [0.4, 0.5) is 0 Å². The van der Waals surface area contributed by atoms with Crippen molar-refractivity contribution in [1.29, 1.82) is 0 Å². The third-order valence-electron chi connectivity index (χ3n) is 3.23. The van der Waals surface area contributed by atoms with Crippen LogP contribution in [0.1, 0.15) is 32.6 Å². The lowest BCUT2D eigenvalue weighted by atomic mass is 10.1. The van der Waals surface area contributed by atoms with Gasteiger partial charge in [-0.2, -0.15) is 0 Å². The number of fused-ring (bicyclic) bond motifs is 1. The molecule has 0 bridgehead atoms. The Bertz CT molecular complexity index is 719. The molecule has 0 aliphatic rings. The van der Waals surface area contributed by atoms with Gasteiger partial charge in [0.25, 0.3) is 0 Å². The average molecular weight is 325 g/mol. The Labute approximate surface area is 129 Å². The molecule has 0 saturated heterocycles. The summed E-state index contributed by atoms with van der Waals surface area (Å²) in [6.45, 7) is 1.98. The molecule has 0 saturated carbocycles. The summed E-state index contributed by atoms with van der Waals surface area (Å²) in [5.41, 5.74) is 0. The van der Waals surface area contributed by atoms with Crippen LogP contribution in [0, 0.1) is 0 Å². The van der Waals surface area contributed by atoms with E-state index in [0.717, 1.165) is 29.3 Å². The van der Waals surface area contributed by atoms with E-state index in [-0.39, 0.29) is 5.78 Å². The molecule has 0 spiro atoms. The summed E-state index contributed by atoms with van der Waals surface area (Å²) in [6, 6.07) is 7.49. The first-order valence-electron chi connectivity index (χ1n) is 6.96. The van der Waals surface area contributed by atoms with E-state index in [4.69, 9.17) is 0 Å². The van der Waals surface area contributed by atoms with Gasteiger partial charge in [-0.1, -0.05) is 24.6 Å². The Morgan fingerprint density at radius 2 is 1.95 bits per heavy atom. The fraction of sp³-hybridized carbons (Fsp3) is 0.400. The SMILES string of the molecule is CC(=O)CCCCCNS(=O)(=O)c1csc2ccccc12. The number of benzene rings is 1. The Balaban J connectivity index is 1.92. The van der Waals surface area contributed by atoms with Crippen molar-refractivity contribution in [2.24, 2.45) is 0 Å². The van der Waals surface area contributed by atoms with Crippen LogP contribution in [-0.4, -0.2) is 20.7 Å². The van der Waals surface area contributed by atoms with Crippen molar-refractivity contribution in [3.8, 4) is 0 Å². The number of thiophene rings is 1. The van der Waals surface area contributed by atoms with Gasteiger partial charge in [0.05, 0.1) is 0 Å². The molecule has 21 heavy (non-hydrogen) atoms. The number of unbranched alkanes of at least 4 members (excludes halogenated alkanes) is 2. The van der Waals surface area contributed by atoms with Gasteiger partial charge < -0.3 is 4.79 Å². The van der Waals surface area contributed by atoms with Gasteiger partial charge in [-0.3, -0.25) is 0 Å². The van der Waals surface area contributed by atoms with Crippen LogP contribution < -0.4 is 4.72 Å². The Morgan fingerprint density at radius 1 is 1.19 bits per heavy atom. The van der Waals surface area contributed by atoms with E-state index >= 15 is 0 Å². The second-order valence-electron chi connectivity index (χ2n) is 5.01. The molecule has 0 unspecified atom stereocenters. The molecular weight excluding hydrogens is 306 g/mol. The van der Waals surface area contributed by atoms with Crippen molar-refractivity contribution in [2.75, 3.05) is 6.54 Å². The van der Waals surface area contributed by atoms with E-state index < -0.39 is 10.0 Å². The number of carbonyl (C=O) groups is 1. The lowest BCUT2D eigenvalue weighted by Crippen LogP contribution is -2.24. The quantitative estimate of drug-likeness (QED) is 0.757. The zero-order chi connectivity index (χ0) is 15.3. The summed E-state index contributed by atoms with van der Waals surface area (Å²) < 4.78 is 28.2. The molecule has 0 atom stereocenters. The zero-order valence-corrected chi connectivity index (χ0v) is 13.6. The van der Waals surface area contributed by atoms with Gasteiger partial charge in [0.2, 0.25) is 10.0 Å². The Morgan fingerprint density at radius 3 is 2.71 bits per heavy atom. The largest absolute Gasteiger partial charge is 0.300 e. The first-order valence-corrected chi connectivity index (χ1v) is 9.32. The van der Waals surface area contributed by atoms with Crippen molar-refractivity contribution in [3.63, 3.8) is 0 Å². The summed E-state index contributed by atoms with van der Waals surface area (Å²) in [5.74, 6) is 0.181. The van der Waals surface area contributed by atoms with Crippen LogP contribution in [0.15, 0.2) is 34.5 Å². The highest BCUT2D eigenvalue weighted by Crippen LogP contribution is 2.28. The van der Waals surface area contributed by atoms with Crippen LogP contribution in [0.25, 0.3) is 10.1 Å². The predicted octanol–water partition coefficient (Wildman–Crippen LogP) is 3.33. The second-order valence-corrected chi connectivity index (χ2v) is 7.65. The van der Waals surface area contributed by atoms with Crippen molar-refractivity contribution in [3.05, 3.63) is 29.6 Å². The average Bonchev–Trinajstić information content (AvgIpc) is 2.87. The number of hydrogen-bond acceptors (Lipinski definition) is 4. The maximum absolute atomic E-state index is 12.3. The number of carbonyl (C=O) groups excluding carboxylic acids is 1. The third-order valence-corrected chi connectivity index (χ3v) is 5.85. The lowest BCUT2D eigenvalue weighted by molar-refractivity contribution is -0.117. The van der Waals surface area contributed by atoms with E-state index in [2.05, 4.69) is 4.72 Å². The summed E-state index contributed by atoms with van der Waals surface area (Å²) in [5, 5.41) is 2.45. The minimum Gasteiger partial charge on any atom is -0.300 e. The molecule has 2 aromatic rings. The summed E-state index contributed by atoms with van der Waals surface area (Å²) in [4.78, 5) is 11.2. The topological polar surface area (TPSA) is 63.2 Å². The van der Waals surface area contributed by atoms with Gasteiger partial charge in [-0.25, -0.2) is 13.1 Å². The van der Waals surface area contributed by atoms with Crippen molar-refractivity contribution in [1.82, 2.24) is 4.72 Å². The van der Waals surface area contributed by atoms with Crippen molar-refractivity contribution < 1.29 is 13.2 Å². The molecule has 0 fully saturated rings. The van der Waals surface area contributed by atoms with E-state index in [0.29, 0.717) is 17.9 Å². The highest BCUT2D eigenvalue weighted by atomic mass is 32.2. The van der Waals surface area contributed by atoms with Gasteiger partial charge in [0, 0.05) is 28.4 Å². The van der Waals surface area contributed by atoms with E-state index in [1.807, 2.05) is 24.3 Å². The van der Waals surface area contributed by atoms with Crippen LogP contribution in [-0.2, 0) is 14.8 Å². The summed E-state index contributed by atoms with van der Waals surface area (Å²) in [6.07, 6.45) is 2.99. The van der Waals surface area contributed by atoms with E-state index in [1.54, 1.807) is 12.3 Å². The van der Waals surface area contributed by atoms with Crippen LogP contribution >= 0.6 is 11.3 Å². The third kappa shape index (κ3) is 4.36. The Hall–Kier alpha value is -1.24. The molecule has 1 aromatic heterocycles. The molecule has 2 rings (SSSR count). The van der Waals surface area contributed by atoms with Crippen LogP contribution in [0.2, 0.25) is 0 Å². The molecule has 0 amide bonds. The normalized spacial score (nSPS) is 11.9. The molecule has 4 nitrogen and oxygen atoms in total. The predicted molar refractivity (Wildman–Crippen MR) is 86.2 cm³/mol. The second kappa shape index (κ2) is 7.15. The van der Waals surface area contributed by atoms with Crippen LogP contribution in [0.3, 0.4) is 0 Å². The minimum atomic E-state index is -3.45. The van der Waals surface area contributed by atoms with Gasteiger partial charge in [0.15, 0.2) is 0 Å². The van der Waals surface area contributed by atoms with Crippen LogP contribution in [0.5, 0.6) is 0 Å². The number of ketones is 1. The number of nitrogens with one attached hydrogen (secondary N) is 1. The number of sulfonamides is 1. The molecule has 1 N–H and O–H groups in total. The van der Waals surface area contributed by atoms with Crippen molar-refractivity contribution >= 4 is 37.2 Å². The molecule has 0 aliphatic carbocycles. The highest BCUT2D eigenvalue weighted by Gasteiger charge is 2.17. The molecular formula is C15H19NO3S2. The first kappa shape index (κ1) is 16.1. The molecule has 6 heteroatoms. The fourth-order valence-electron chi connectivity index (χ4n) is 2.12. The number of hydrogen-bond donors (Lipinski definition) is 1. The standard InChI is InChI=1S/C15H19NO3S2/c1-12(17)7-3-2-6-10-16-21(18,19)15-11-20-14-9-5-4-8-13(14)15/h4-5,8-9,11,16H,2-3,6-7,10H2,1H3.